The number of nitrogens with zero attached hydrogens (tertiary/aromatic N) is 1. The molecule has 3 N–H and O–H groups in total. The Morgan fingerprint density at radius 2 is 1.83 bits per heavy atom. The monoisotopic (exact) mass is 283 g/mol. The number of anilines is 1. The lowest BCUT2D eigenvalue weighted by atomic mass is 9.91. The van der Waals surface area contributed by atoms with Crippen LogP contribution >= 0.6 is 23.2 Å². The zero-order valence-electron chi connectivity index (χ0n) is 10.5. The van der Waals surface area contributed by atoms with Crippen LogP contribution in [0.1, 0.15) is 26.5 Å². The molecule has 2 rings (SSSR count). The lowest BCUT2D eigenvalue weighted by Gasteiger charge is -2.20. The number of fused-ring (bicyclic) bond motifs is 1. The third-order valence-electron chi connectivity index (χ3n) is 2.75. The summed E-state index contributed by atoms with van der Waals surface area (Å²) in [7, 11) is 0. The Morgan fingerprint density at radius 1 is 1.17 bits per heavy atom. The summed E-state index contributed by atoms with van der Waals surface area (Å²) < 4.78 is 0. The van der Waals surface area contributed by atoms with Gasteiger partial charge in [-0.2, -0.15) is 0 Å². The van der Waals surface area contributed by atoms with E-state index in [2.05, 4.69) is 31.2 Å². The Balaban J connectivity index is 2.84. The molecule has 1 aromatic carbocycles. The van der Waals surface area contributed by atoms with Crippen LogP contribution in [0.5, 0.6) is 0 Å². The Morgan fingerprint density at radius 3 is 2.39 bits per heavy atom. The van der Waals surface area contributed by atoms with Crippen molar-refractivity contribution >= 4 is 39.8 Å². The molecule has 0 unspecified atom stereocenters. The van der Waals surface area contributed by atoms with Crippen LogP contribution in [0.15, 0.2) is 18.2 Å². The average Bonchev–Trinajstić information content (AvgIpc) is 2.25. The number of halogens is 2. The van der Waals surface area contributed by atoms with Gasteiger partial charge in [0.15, 0.2) is 0 Å². The van der Waals surface area contributed by atoms with Gasteiger partial charge in [0.2, 0.25) is 0 Å². The third kappa shape index (κ3) is 2.39. The summed E-state index contributed by atoms with van der Waals surface area (Å²) in [6.07, 6.45) is 0. The quantitative estimate of drug-likeness (QED) is 0.611. The van der Waals surface area contributed by atoms with Gasteiger partial charge in [0.05, 0.1) is 16.2 Å². The summed E-state index contributed by atoms with van der Waals surface area (Å²) in [5.74, 6) is 5.57. The van der Waals surface area contributed by atoms with E-state index in [4.69, 9.17) is 29.0 Å². The zero-order chi connectivity index (χ0) is 13.5. The molecule has 0 radical (unpaired) electrons. The maximum atomic E-state index is 6.19. The molecular weight excluding hydrogens is 269 g/mol. The number of hydrogen-bond donors (Lipinski definition) is 2. The number of nitrogen functional groups attached to an aromatic ring is 1. The molecule has 0 amide bonds. The highest BCUT2D eigenvalue weighted by Gasteiger charge is 2.19. The van der Waals surface area contributed by atoms with Crippen molar-refractivity contribution in [2.75, 3.05) is 5.43 Å². The normalized spacial score (nSPS) is 11.9. The lowest BCUT2D eigenvalue weighted by Crippen LogP contribution is -2.16. The molecule has 0 atom stereocenters. The maximum absolute atomic E-state index is 6.19. The Bertz CT molecular complexity index is 603. The highest BCUT2D eigenvalue weighted by Crippen LogP contribution is 2.35. The fourth-order valence-corrected chi connectivity index (χ4v) is 2.37. The van der Waals surface area contributed by atoms with Gasteiger partial charge in [-0.25, -0.2) is 0 Å². The third-order valence-corrected chi connectivity index (χ3v) is 3.27. The van der Waals surface area contributed by atoms with Crippen LogP contribution in [0.25, 0.3) is 10.9 Å². The molecule has 18 heavy (non-hydrogen) atoms. The van der Waals surface area contributed by atoms with E-state index in [-0.39, 0.29) is 5.41 Å². The van der Waals surface area contributed by atoms with Gasteiger partial charge in [-0.15, -0.1) is 0 Å². The van der Waals surface area contributed by atoms with Crippen molar-refractivity contribution in [2.24, 2.45) is 5.84 Å². The second-order valence-electron chi connectivity index (χ2n) is 5.23. The van der Waals surface area contributed by atoms with Crippen LogP contribution in [-0.4, -0.2) is 4.98 Å². The first-order valence-electron chi connectivity index (χ1n) is 5.60. The topological polar surface area (TPSA) is 50.9 Å². The summed E-state index contributed by atoms with van der Waals surface area (Å²) in [6.45, 7) is 6.27. The number of nitrogens with two attached hydrogens (primary N) is 1. The number of aromatic nitrogens is 1. The maximum Gasteiger partial charge on any atom is 0.0756 e. The van der Waals surface area contributed by atoms with E-state index in [1.807, 2.05) is 6.07 Å². The average molecular weight is 284 g/mol. The number of nitrogens with one attached hydrogen (secondary N) is 1. The number of benzene rings is 1. The predicted octanol–water partition coefficient (Wildman–Crippen LogP) is 4.12. The van der Waals surface area contributed by atoms with Crippen molar-refractivity contribution in [3.63, 3.8) is 0 Å². The SMILES string of the molecule is CC(C)(C)c1cc(NN)c2c(Cl)cc(Cl)cc2n1. The van der Waals surface area contributed by atoms with E-state index < -0.39 is 0 Å². The predicted molar refractivity (Wildman–Crippen MR) is 78.3 cm³/mol. The van der Waals surface area contributed by atoms with Gasteiger partial charge in [-0.05, 0) is 18.2 Å². The molecule has 0 saturated heterocycles. The lowest BCUT2D eigenvalue weighted by molar-refractivity contribution is 0.572. The molecule has 0 bridgehead atoms. The van der Waals surface area contributed by atoms with Gasteiger partial charge < -0.3 is 5.43 Å². The van der Waals surface area contributed by atoms with Gasteiger partial charge in [0, 0.05) is 21.5 Å². The first kappa shape index (κ1) is 13.4. The minimum Gasteiger partial charge on any atom is -0.323 e. The fraction of sp³-hybridized carbons (Fsp3) is 0.308. The van der Waals surface area contributed by atoms with Crippen LogP contribution in [0, 0.1) is 0 Å². The molecule has 2 aromatic rings. The minimum absolute atomic E-state index is 0.0748. The summed E-state index contributed by atoms with van der Waals surface area (Å²) in [5.41, 5.74) is 5.03. The van der Waals surface area contributed by atoms with E-state index in [0.29, 0.717) is 10.0 Å². The molecule has 3 nitrogen and oxygen atoms in total. The van der Waals surface area contributed by atoms with Crippen molar-refractivity contribution in [1.29, 1.82) is 0 Å². The van der Waals surface area contributed by atoms with Crippen LogP contribution in [0.2, 0.25) is 10.0 Å². The van der Waals surface area contributed by atoms with Gasteiger partial charge in [0.25, 0.3) is 0 Å². The van der Waals surface area contributed by atoms with E-state index in [1.165, 1.54) is 0 Å². The van der Waals surface area contributed by atoms with Gasteiger partial charge in [-0.1, -0.05) is 44.0 Å². The number of hydrazine groups is 1. The van der Waals surface area contributed by atoms with Crippen molar-refractivity contribution in [3.8, 4) is 0 Å². The van der Waals surface area contributed by atoms with Crippen LogP contribution in [0.4, 0.5) is 5.69 Å². The first-order chi connectivity index (χ1) is 8.32. The van der Waals surface area contributed by atoms with Gasteiger partial charge in [-0.3, -0.25) is 10.8 Å². The summed E-state index contributed by atoms with van der Waals surface area (Å²) in [4.78, 5) is 4.61. The molecule has 0 fully saturated rings. The van der Waals surface area contributed by atoms with Crippen molar-refractivity contribution in [2.45, 2.75) is 26.2 Å². The molecular formula is C13H15Cl2N3. The summed E-state index contributed by atoms with van der Waals surface area (Å²) in [5, 5.41) is 1.89. The molecule has 96 valence electrons. The first-order valence-corrected chi connectivity index (χ1v) is 6.35. The molecule has 0 spiro atoms. The molecule has 1 heterocycles. The second kappa shape index (κ2) is 4.57. The number of hydrogen-bond acceptors (Lipinski definition) is 3. The molecule has 0 saturated carbocycles. The molecule has 0 aliphatic rings. The summed E-state index contributed by atoms with van der Waals surface area (Å²) >= 11 is 12.2. The smallest absolute Gasteiger partial charge is 0.0756 e. The summed E-state index contributed by atoms with van der Waals surface area (Å²) in [6, 6.07) is 5.39. The minimum atomic E-state index is -0.0748. The van der Waals surface area contributed by atoms with Crippen molar-refractivity contribution in [3.05, 3.63) is 33.9 Å². The van der Waals surface area contributed by atoms with Crippen molar-refractivity contribution < 1.29 is 0 Å². The Kier molecular flexibility index (Phi) is 3.41. The standard InChI is InChI=1S/C13H15Cl2N3/c1-13(2,3)11-6-10(18-16)12-8(15)4-7(14)5-9(12)17-11/h4-6H,16H2,1-3H3,(H,17,18). The fourth-order valence-electron chi connectivity index (χ4n) is 1.78. The van der Waals surface area contributed by atoms with Crippen molar-refractivity contribution in [1.82, 2.24) is 4.98 Å². The van der Waals surface area contributed by atoms with Gasteiger partial charge >= 0.3 is 0 Å². The second-order valence-corrected chi connectivity index (χ2v) is 6.07. The highest BCUT2D eigenvalue weighted by molar-refractivity contribution is 6.39. The molecule has 0 aliphatic heterocycles. The number of rotatable bonds is 1. The highest BCUT2D eigenvalue weighted by atomic mass is 35.5. The molecule has 5 heteroatoms. The number of pyridine rings is 1. The Labute approximate surface area is 116 Å². The Hall–Kier alpha value is -1.03. The zero-order valence-corrected chi connectivity index (χ0v) is 12.0. The van der Waals surface area contributed by atoms with Crippen LogP contribution in [0.3, 0.4) is 0 Å². The van der Waals surface area contributed by atoms with Crippen LogP contribution < -0.4 is 11.3 Å². The molecule has 0 aliphatic carbocycles. The largest absolute Gasteiger partial charge is 0.323 e. The molecule has 1 aromatic heterocycles. The van der Waals surface area contributed by atoms with E-state index in [0.717, 1.165) is 22.3 Å². The van der Waals surface area contributed by atoms with Crippen LogP contribution in [-0.2, 0) is 5.41 Å². The van der Waals surface area contributed by atoms with E-state index >= 15 is 0 Å². The van der Waals surface area contributed by atoms with E-state index in [9.17, 15) is 0 Å². The van der Waals surface area contributed by atoms with E-state index in [1.54, 1.807) is 12.1 Å². The van der Waals surface area contributed by atoms with Gasteiger partial charge in [0.1, 0.15) is 0 Å².